The minimum atomic E-state index is -0.961. The van der Waals surface area contributed by atoms with Crippen molar-refractivity contribution >= 4 is 11.5 Å². The molecule has 0 aliphatic heterocycles. The van der Waals surface area contributed by atoms with Gasteiger partial charge in [-0.3, -0.25) is 4.79 Å². The average molecular weight is 303 g/mol. The third kappa shape index (κ3) is 3.91. The Kier molecular flexibility index (Phi) is 4.88. The van der Waals surface area contributed by atoms with E-state index in [1.54, 1.807) is 24.3 Å². The molecule has 22 heavy (non-hydrogen) atoms. The Balaban J connectivity index is 2.01. The number of anilines is 1. The second kappa shape index (κ2) is 6.85. The SMILES string of the molecule is C=C(CC(=O)c1cccc(OC)c1)Nc1ccc(F)c(F)c1. The maximum atomic E-state index is 13.1. The molecule has 0 spiro atoms. The van der Waals surface area contributed by atoms with Crippen molar-refractivity contribution in [1.29, 1.82) is 0 Å². The second-order valence-electron chi connectivity index (χ2n) is 4.69. The summed E-state index contributed by atoms with van der Waals surface area (Å²) in [5.41, 5.74) is 1.22. The van der Waals surface area contributed by atoms with Gasteiger partial charge >= 0.3 is 0 Å². The number of nitrogens with one attached hydrogen (secondary N) is 1. The topological polar surface area (TPSA) is 38.3 Å². The van der Waals surface area contributed by atoms with Gasteiger partial charge in [0.15, 0.2) is 17.4 Å². The molecule has 2 aromatic carbocycles. The summed E-state index contributed by atoms with van der Waals surface area (Å²) in [6.45, 7) is 3.73. The van der Waals surface area contributed by atoms with Crippen LogP contribution < -0.4 is 10.1 Å². The summed E-state index contributed by atoms with van der Waals surface area (Å²) < 4.78 is 31.0. The van der Waals surface area contributed by atoms with Crippen molar-refractivity contribution in [3.63, 3.8) is 0 Å². The standard InChI is InChI=1S/C17H15F2NO2/c1-11(20-13-6-7-15(18)16(19)10-13)8-17(21)12-4-3-5-14(9-12)22-2/h3-7,9-10,20H,1,8H2,2H3. The van der Waals surface area contributed by atoms with Gasteiger partial charge < -0.3 is 10.1 Å². The van der Waals surface area contributed by atoms with Crippen molar-refractivity contribution in [2.24, 2.45) is 0 Å². The lowest BCUT2D eigenvalue weighted by Gasteiger charge is -2.10. The first kappa shape index (κ1) is 15.7. The van der Waals surface area contributed by atoms with Gasteiger partial charge in [0.2, 0.25) is 0 Å². The van der Waals surface area contributed by atoms with Gasteiger partial charge in [-0.2, -0.15) is 0 Å². The third-order valence-corrected chi connectivity index (χ3v) is 3.01. The van der Waals surface area contributed by atoms with Gasteiger partial charge in [0.1, 0.15) is 5.75 Å². The summed E-state index contributed by atoms with van der Waals surface area (Å²) in [6, 6.07) is 10.2. The molecule has 0 saturated heterocycles. The fourth-order valence-corrected chi connectivity index (χ4v) is 1.91. The third-order valence-electron chi connectivity index (χ3n) is 3.01. The Hall–Kier alpha value is -2.69. The van der Waals surface area contributed by atoms with E-state index in [1.807, 2.05) is 0 Å². The van der Waals surface area contributed by atoms with Gasteiger partial charge in [-0.05, 0) is 24.3 Å². The molecule has 0 unspecified atom stereocenters. The second-order valence-corrected chi connectivity index (χ2v) is 4.69. The van der Waals surface area contributed by atoms with Crippen LogP contribution in [0.5, 0.6) is 5.75 Å². The first-order chi connectivity index (χ1) is 10.5. The molecule has 0 radical (unpaired) electrons. The predicted molar refractivity (Wildman–Crippen MR) is 81.1 cm³/mol. The van der Waals surface area contributed by atoms with Crippen molar-refractivity contribution in [2.45, 2.75) is 6.42 Å². The lowest BCUT2D eigenvalue weighted by atomic mass is 10.1. The smallest absolute Gasteiger partial charge is 0.168 e. The number of hydrogen-bond acceptors (Lipinski definition) is 3. The summed E-state index contributed by atoms with van der Waals surface area (Å²) >= 11 is 0. The fraction of sp³-hybridized carbons (Fsp3) is 0.118. The summed E-state index contributed by atoms with van der Waals surface area (Å²) in [5, 5.41) is 2.79. The number of rotatable bonds is 6. The lowest BCUT2D eigenvalue weighted by molar-refractivity contribution is 0.0993. The van der Waals surface area contributed by atoms with E-state index in [2.05, 4.69) is 11.9 Å². The molecule has 0 bridgehead atoms. The minimum absolute atomic E-state index is 0.0339. The van der Waals surface area contributed by atoms with Gasteiger partial charge in [0, 0.05) is 23.0 Å². The zero-order valence-electron chi connectivity index (χ0n) is 12.0. The highest BCUT2D eigenvalue weighted by atomic mass is 19.2. The van der Waals surface area contributed by atoms with Crippen LogP contribution in [0.25, 0.3) is 0 Å². The molecule has 2 rings (SSSR count). The first-order valence-electron chi connectivity index (χ1n) is 6.56. The van der Waals surface area contributed by atoms with E-state index in [4.69, 9.17) is 4.74 Å². The van der Waals surface area contributed by atoms with Crippen LogP contribution in [0.2, 0.25) is 0 Å². The minimum Gasteiger partial charge on any atom is -0.497 e. The molecular weight excluding hydrogens is 288 g/mol. The largest absolute Gasteiger partial charge is 0.497 e. The van der Waals surface area contributed by atoms with Crippen LogP contribution in [0.4, 0.5) is 14.5 Å². The van der Waals surface area contributed by atoms with Gasteiger partial charge in [-0.1, -0.05) is 18.7 Å². The molecule has 0 aromatic heterocycles. The number of hydrogen-bond donors (Lipinski definition) is 1. The van der Waals surface area contributed by atoms with Crippen LogP contribution in [0.15, 0.2) is 54.7 Å². The summed E-state index contributed by atoms with van der Waals surface area (Å²) in [7, 11) is 1.52. The van der Waals surface area contributed by atoms with Crippen LogP contribution in [0.1, 0.15) is 16.8 Å². The van der Waals surface area contributed by atoms with Gasteiger partial charge in [0.05, 0.1) is 13.5 Å². The van der Waals surface area contributed by atoms with Crippen LogP contribution >= 0.6 is 0 Å². The van der Waals surface area contributed by atoms with E-state index in [1.165, 1.54) is 13.2 Å². The van der Waals surface area contributed by atoms with E-state index in [0.717, 1.165) is 12.1 Å². The van der Waals surface area contributed by atoms with E-state index in [0.29, 0.717) is 22.7 Å². The van der Waals surface area contributed by atoms with Crippen molar-refractivity contribution in [3.05, 3.63) is 71.9 Å². The Morgan fingerprint density at radius 3 is 2.64 bits per heavy atom. The highest BCUT2D eigenvalue weighted by Crippen LogP contribution is 2.18. The molecule has 0 saturated carbocycles. The Morgan fingerprint density at radius 2 is 1.95 bits per heavy atom. The zero-order chi connectivity index (χ0) is 16.1. The normalized spacial score (nSPS) is 10.1. The van der Waals surface area contributed by atoms with E-state index < -0.39 is 11.6 Å². The summed E-state index contributed by atoms with van der Waals surface area (Å²) in [4.78, 5) is 12.1. The van der Waals surface area contributed by atoms with Crippen molar-refractivity contribution in [2.75, 3.05) is 12.4 Å². The van der Waals surface area contributed by atoms with E-state index in [9.17, 15) is 13.6 Å². The monoisotopic (exact) mass is 303 g/mol. The highest BCUT2D eigenvalue weighted by molar-refractivity contribution is 5.98. The number of halogens is 2. The van der Waals surface area contributed by atoms with Crippen molar-refractivity contribution < 1.29 is 18.3 Å². The van der Waals surface area contributed by atoms with Crippen LogP contribution in [-0.2, 0) is 0 Å². The van der Waals surface area contributed by atoms with E-state index in [-0.39, 0.29) is 12.2 Å². The number of carbonyl (C=O) groups is 1. The molecule has 0 aliphatic carbocycles. The maximum Gasteiger partial charge on any atom is 0.168 e. The number of carbonyl (C=O) groups excluding carboxylic acids is 1. The Bertz CT molecular complexity index is 714. The van der Waals surface area contributed by atoms with Crippen molar-refractivity contribution in [3.8, 4) is 5.75 Å². The average Bonchev–Trinajstić information content (AvgIpc) is 2.51. The quantitative estimate of drug-likeness (QED) is 0.814. The molecule has 5 heteroatoms. The molecular formula is C17H15F2NO2. The zero-order valence-corrected chi connectivity index (χ0v) is 12.0. The molecule has 2 aromatic rings. The van der Waals surface area contributed by atoms with E-state index >= 15 is 0 Å². The fourth-order valence-electron chi connectivity index (χ4n) is 1.91. The molecule has 0 amide bonds. The van der Waals surface area contributed by atoms with Crippen LogP contribution in [0.3, 0.4) is 0 Å². The van der Waals surface area contributed by atoms with Gasteiger partial charge in [0.25, 0.3) is 0 Å². The number of ketones is 1. The van der Waals surface area contributed by atoms with Crippen LogP contribution in [0, 0.1) is 11.6 Å². The highest BCUT2D eigenvalue weighted by Gasteiger charge is 2.10. The molecule has 0 fully saturated rings. The van der Waals surface area contributed by atoms with Crippen molar-refractivity contribution in [1.82, 2.24) is 0 Å². The number of ether oxygens (including phenoxy) is 1. The number of benzene rings is 2. The number of Topliss-reactive ketones (excluding diaryl/α,β-unsaturated/α-hetero) is 1. The summed E-state index contributed by atoms with van der Waals surface area (Å²) in [6.07, 6.45) is 0.0339. The molecule has 114 valence electrons. The molecule has 1 N–H and O–H groups in total. The van der Waals surface area contributed by atoms with Crippen LogP contribution in [-0.4, -0.2) is 12.9 Å². The molecule has 0 aliphatic rings. The molecule has 0 heterocycles. The van der Waals surface area contributed by atoms with Gasteiger partial charge in [-0.25, -0.2) is 8.78 Å². The first-order valence-corrected chi connectivity index (χ1v) is 6.56. The summed E-state index contributed by atoms with van der Waals surface area (Å²) in [5.74, 6) is -1.45. The number of methoxy groups -OCH3 is 1. The lowest BCUT2D eigenvalue weighted by Crippen LogP contribution is -2.07. The van der Waals surface area contributed by atoms with Gasteiger partial charge in [-0.15, -0.1) is 0 Å². The molecule has 0 atom stereocenters. The number of allylic oxidation sites excluding steroid dienone is 1. The molecule has 3 nitrogen and oxygen atoms in total. The maximum absolute atomic E-state index is 13.1. The predicted octanol–water partition coefficient (Wildman–Crippen LogP) is 4.17. The Labute approximate surface area is 127 Å². The Morgan fingerprint density at radius 1 is 1.18 bits per heavy atom.